The van der Waals surface area contributed by atoms with Crippen LogP contribution in [0.1, 0.15) is 71.1 Å². The number of aliphatic hydroxyl groups excluding tert-OH is 2. The molecule has 0 aromatic heterocycles. The predicted octanol–water partition coefficient (Wildman–Crippen LogP) is 4.23. The maximum atomic E-state index is 11.5. The first-order valence-corrected chi connectivity index (χ1v) is 9.65. The summed E-state index contributed by atoms with van der Waals surface area (Å²) >= 11 is 0. The Hall–Kier alpha value is -1.39. The topological polar surface area (TPSA) is 66.8 Å². The van der Waals surface area contributed by atoms with Gasteiger partial charge in [0.05, 0.1) is 13.2 Å². The monoisotopic (exact) mass is 350 g/mol. The van der Waals surface area contributed by atoms with Crippen LogP contribution in [-0.4, -0.2) is 35.5 Å². The molecular weight excluding hydrogens is 316 g/mol. The van der Waals surface area contributed by atoms with Crippen LogP contribution in [0.5, 0.6) is 0 Å². The lowest BCUT2D eigenvalue weighted by atomic mass is 10.1. The van der Waals surface area contributed by atoms with Crippen LogP contribution in [0.4, 0.5) is 0 Å². The normalized spacial score (nSPS) is 17.1. The number of aliphatic hydroxyl groups is 2. The molecule has 0 aromatic rings. The molecule has 1 aliphatic rings. The highest BCUT2D eigenvalue weighted by Gasteiger charge is 2.18. The van der Waals surface area contributed by atoms with Crippen molar-refractivity contribution in [1.29, 1.82) is 0 Å². The third kappa shape index (κ3) is 11.0. The van der Waals surface area contributed by atoms with Gasteiger partial charge in [0.2, 0.25) is 0 Å². The molecule has 0 atom stereocenters. The Labute approximate surface area is 152 Å². The molecule has 0 heterocycles. The zero-order valence-corrected chi connectivity index (χ0v) is 15.6. The summed E-state index contributed by atoms with van der Waals surface area (Å²) in [5.74, 6) is -0.334. The lowest BCUT2D eigenvalue weighted by Crippen LogP contribution is -2.25. The first-order chi connectivity index (χ1) is 12.2. The fraction of sp³-hybridized carbons (Fsp3) is 0.667. The number of ether oxygens (including phenoxy) is 1. The molecule has 0 spiro atoms. The number of rotatable bonds is 14. The summed E-state index contributed by atoms with van der Waals surface area (Å²) in [7, 11) is 0. The molecule has 0 aromatic carbocycles. The van der Waals surface area contributed by atoms with E-state index in [0.29, 0.717) is 6.42 Å². The number of allylic oxidation sites excluding steroid dienone is 6. The summed E-state index contributed by atoms with van der Waals surface area (Å²) < 4.78 is 4.92. The van der Waals surface area contributed by atoms with E-state index in [0.717, 1.165) is 38.5 Å². The van der Waals surface area contributed by atoms with Crippen molar-refractivity contribution in [2.45, 2.75) is 77.2 Å². The molecule has 0 radical (unpaired) electrons. The molecule has 142 valence electrons. The van der Waals surface area contributed by atoms with Gasteiger partial charge in [-0.1, -0.05) is 50.5 Å². The number of unbranched alkanes of at least 4 members (excludes halogenated alkanes) is 5. The SMILES string of the molecule is CCC=CCC=C1CC1=CCCCCCCCC(=O)OC(CO)CO. The zero-order chi connectivity index (χ0) is 18.3. The summed E-state index contributed by atoms with van der Waals surface area (Å²) in [6.45, 7) is 1.50. The van der Waals surface area contributed by atoms with Crippen molar-refractivity contribution in [2.24, 2.45) is 0 Å². The number of hydrogen-bond donors (Lipinski definition) is 2. The first-order valence-electron chi connectivity index (χ1n) is 9.65. The van der Waals surface area contributed by atoms with E-state index in [1.807, 2.05) is 0 Å². The Kier molecular flexibility index (Phi) is 12.0. The van der Waals surface area contributed by atoms with Gasteiger partial charge in [0.15, 0.2) is 0 Å². The fourth-order valence-corrected chi connectivity index (χ4v) is 2.64. The molecule has 0 bridgehead atoms. The van der Waals surface area contributed by atoms with E-state index in [1.165, 1.54) is 30.4 Å². The van der Waals surface area contributed by atoms with E-state index in [2.05, 4.69) is 31.2 Å². The maximum Gasteiger partial charge on any atom is 0.306 e. The van der Waals surface area contributed by atoms with Gasteiger partial charge in [0, 0.05) is 6.42 Å². The van der Waals surface area contributed by atoms with Crippen LogP contribution in [0, 0.1) is 0 Å². The molecule has 2 N–H and O–H groups in total. The van der Waals surface area contributed by atoms with Gasteiger partial charge < -0.3 is 14.9 Å². The van der Waals surface area contributed by atoms with Crippen molar-refractivity contribution in [3.8, 4) is 0 Å². The van der Waals surface area contributed by atoms with E-state index >= 15 is 0 Å². The van der Waals surface area contributed by atoms with Crippen LogP contribution in [0.15, 0.2) is 35.5 Å². The second kappa shape index (κ2) is 13.9. The average Bonchev–Trinajstić information content (AvgIpc) is 3.37. The van der Waals surface area contributed by atoms with Gasteiger partial charge in [0.1, 0.15) is 6.10 Å². The van der Waals surface area contributed by atoms with Crippen LogP contribution in [0.3, 0.4) is 0 Å². The van der Waals surface area contributed by atoms with E-state index in [9.17, 15) is 4.79 Å². The molecule has 1 fully saturated rings. The Balaban J connectivity index is 1.95. The van der Waals surface area contributed by atoms with Crippen LogP contribution in [-0.2, 0) is 9.53 Å². The molecule has 4 heteroatoms. The molecule has 0 unspecified atom stereocenters. The first kappa shape index (κ1) is 21.7. The summed E-state index contributed by atoms with van der Waals surface area (Å²) in [4.78, 5) is 11.5. The highest BCUT2D eigenvalue weighted by molar-refractivity contribution is 5.69. The molecule has 1 rings (SSSR count). The highest BCUT2D eigenvalue weighted by atomic mass is 16.6. The van der Waals surface area contributed by atoms with Crippen molar-refractivity contribution in [2.75, 3.05) is 13.2 Å². The summed E-state index contributed by atoms with van der Waals surface area (Å²) in [6, 6.07) is 0. The van der Waals surface area contributed by atoms with E-state index < -0.39 is 6.10 Å². The third-order valence-corrected chi connectivity index (χ3v) is 4.25. The molecule has 1 aliphatic carbocycles. The van der Waals surface area contributed by atoms with Crippen molar-refractivity contribution in [3.05, 3.63) is 35.5 Å². The van der Waals surface area contributed by atoms with Crippen LogP contribution in [0.2, 0.25) is 0 Å². The standard InChI is InChI=1S/C21H34O4/c1-2-3-4-9-12-18-15-19(18)13-10-7-5-6-8-11-14-21(24)25-20(16-22)17-23/h3-4,12-13,20,22-23H,2,5-11,14-17H2,1H3. The second-order valence-electron chi connectivity index (χ2n) is 6.53. The van der Waals surface area contributed by atoms with Gasteiger partial charge in [-0.15, -0.1) is 0 Å². The number of carbonyl (C=O) groups is 1. The number of carbonyl (C=O) groups excluding carboxylic acids is 1. The largest absolute Gasteiger partial charge is 0.457 e. The minimum Gasteiger partial charge on any atom is -0.457 e. The summed E-state index contributed by atoms with van der Waals surface area (Å²) in [6.07, 6.45) is 18.6. The van der Waals surface area contributed by atoms with Gasteiger partial charge in [-0.05, 0) is 49.7 Å². The van der Waals surface area contributed by atoms with E-state index in [4.69, 9.17) is 14.9 Å². The summed E-state index contributed by atoms with van der Waals surface area (Å²) in [5.41, 5.74) is 3.04. The Morgan fingerprint density at radius 1 is 1.04 bits per heavy atom. The van der Waals surface area contributed by atoms with Gasteiger partial charge in [-0.2, -0.15) is 0 Å². The summed E-state index contributed by atoms with van der Waals surface area (Å²) in [5, 5.41) is 17.7. The fourth-order valence-electron chi connectivity index (χ4n) is 2.64. The van der Waals surface area contributed by atoms with Crippen LogP contribution in [0.25, 0.3) is 0 Å². The zero-order valence-electron chi connectivity index (χ0n) is 15.6. The van der Waals surface area contributed by atoms with Crippen LogP contribution < -0.4 is 0 Å². The van der Waals surface area contributed by atoms with E-state index in [1.54, 1.807) is 0 Å². The molecule has 1 saturated carbocycles. The molecule has 4 nitrogen and oxygen atoms in total. The predicted molar refractivity (Wildman–Crippen MR) is 101 cm³/mol. The molecule has 0 saturated heterocycles. The van der Waals surface area contributed by atoms with Gasteiger partial charge in [-0.3, -0.25) is 4.79 Å². The lowest BCUT2D eigenvalue weighted by Gasteiger charge is -2.12. The number of hydrogen-bond acceptors (Lipinski definition) is 4. The lowest BCUT2D eigenvalue weighted by molar-refractivity contribution is -0.153. The Morgan fingerprint density at radius 3 is 2.44 bits per heavy atom. The maximum absolute atomic E-state index is 11.5. The average molecular weight is 350 g/mol. The third-order valence-electron chi connectivity index (χ3n) is 4.25. The van der Waals surface area contributed by atoms with Gasteiger partial charge >= 0.3 is 5.97 Å². The minimum absolute atomic E-state index is 0.329. The molecule has 25 heavy (non-hydrogen) atoms. The minimum atomic E-state index is -0.774. The van der Waals surface area contributed by atoms with Crippen molar-refractivity contribution in [1.82, 2.24) is 0 Å². The molecule has 0 aliphatic heterocycles. The Morgan fingerprint density at radius 2 is 1.72 bits per heavy atom. The van der Waals surface area contributed by atoms with Gasteiger partial charge in [0.25, 0.3) is 0 Å². The second-order valence-corrected chi connectivity index (χ2v) is 6.53. The van der Waals surface area contributed by atoms with Gasteiger partial charge in [-0.25, -0.2) is 0 Å². The smallest absolute Gasteiger partial charge is 0.306 e. The quantitative estimate of drug-likeness (QED) is 0.279. The van der Waals surface area contributed by atoms with Crippen molar-refractivity contribution in [3.63, 3.8) is 0 Å². The van der Waals surface area contributed by atoms with E-state index in [-0.39, 0.29) is 19.2 Å². The molecular formula is C21H34O4. The molecule has 0 amide bonds. The highest BCUT2D eigenvalue weighted by Crippen LogP contribution is 2.37. The van der Waals surface area contributed by atoms with Crippen molar-refractivity contribution < 1.29 is 19.7 Å². The number of esters is 1. The Bertz CT molecular complexity index is 459. The van der Waals surface area contributed by atoms with Crippen molar-refractivity contribution >= 4 is 5.97 Å². The van der Waals surface area contributed by atoms with Crippen LogP contribution >= 0.6 is 0 Å².